The van der Waals surface area contributed by atoms with Crippen molar-refractivity contribution in [2.45, 2.75) is 25.7 Å². The Morgan fingerprint density at radius 2 is 1.56 bits per heavy atom. The van der Waals surface area contributed by atoms with Crippen LogP contribution in [0.2, 0.25) is 0 Å². The molecule has 1 aliphatic heterocycles. The lowest BCUT2D eigenvalue weighted by atomic mass is 10.2. The van der Waals surface area contributed by atoms with Crippen molar-refractivity contribution < 1.29 is 17.9 Å². The number of sulfonamides is 1. The van der Waals surface area contributed by atoms with Gasteiger partial charge < -0.3 is 14.4 Å². The van der Waals surface area contributed by atoms with Gasteiger partial charge in [0.15, 0.2) is 0 Å². The van der Waals surface area contributed by atoms with Crippen molar-refractivity contribution in [2.75, 3.05) is 44.3 Å². The number of benzene rings is 2. The largest absolute Gasteiger partial charge is 0.484 e. The van der Waals surface area contributed by atoms with Gasteiger partial charge in [0, 0.05) is 26.2 Å². The van der Waals surface area contributed by atoms with E-state index in [0.717, 1.165) is 5.56 Å². The summed E-state index contributed by atoms with van der Waals surface area (Å²) in [6, 6.07) is 19.0. The van der Waals surface area contributed by atoms with E-state index in [-0.39, 0.29) is 17.9 Å². The van der Waals surface area contributed by atoms with E-state index in [2.05, 4.69) is 5.10 Å². The summed E-state index contributed by atoms with van der Waals surface area (Å²) < 4.78 is 39.6. The number of nitrogens with zero attached hydrogens (tertiary/aromatic N) is 4. The van der Waals surface area contributed by atoms with Gasteiger partial charge in [-0.05, 0) is 31.5 Å². The second-order valence-electron chi connectivity index (χ2n) is 8.78. The van der Waals surface area contributed by atoms with Crippen LogP contribution in [0.25, 0.3) is 5.69 Å². The third-order valence-electron chi connectivity index (χ3n) is 6.04. The van der Waals surface area contributed by atoms with Crippen LogP contribution in [-0.4, -0.2) is 67.1 Å². The van der Waals surface area contributed by atoms with Gasteiger partial charge in [0.1, 0.15) is 12.3 Å². The molecule has 0 aliphatic carbocycles. The first-order chi connectivity index (χ1) is 17.4. The van der Waals surface area contributed by atoms with Gasteiger partial charge in [-0.15, -0.1) is 0 Å². The van der Waals surface area contributed by atoms with E-state index in [1.165, 1.54) is 8.99 Å². The summed E-state index contributed by atoms with van der Waals surface area (Å²) in [6.45, 7) is 5.85. The molecule has 0 amide bonds. The number of rotatable bonds is 10. The quantitative estimate of drug-likeness (QED) is 0.386. The number of ether oxygens (including phenoxy) is 2. The van der Waals surface area contributed by atoms with Crippen LogP contribution in [0.15, 0.2) is 71.7 Å². The van der Waals surface area contributed by atoms with E-state index in [1.807, 2.05) is 53.4 Å². The molecule has 0 N–H and O–H groups in total. The van der Waals surface area contributed by atoms with Crippen LogP contribution in [-0.2, 0) is 21.4 Å². The van der Waals surface area contributed by atoms with Gasteiger partial charge >= 0.3 is 5.56 Å². The number of piperazine rings is 1. The Labute approximate surface area is 211 Å². The Kier molecular flexibility index (Phi) is 8.40. The highest BCUT2D eigenvalue weighted by Crippen LogP contribution is 2.26. The summed E-state index contributed by atoms with van der Waals surface area (Å²) >= 11 is 0. The van der Waals surface area contributed by atoms with Crippen LogP contribution in [0.1, 0.15) is 19.4 Å². The van der Waals surface area contributed by atoms with Crippen molar-refractivity contribution in [3.8, 4) is 11.4 Å². The van der Waals surface area contributed by atoms with Crippen LogP contribution in [0.5, 0.6) is 5.75 Å². The highest BCUT2D eigenvalue weighted by atomic mass is 32.2. The normalized spacial score (nSPS) is 14.8. The van der Waals surface area contributed by atoms with Crippen LogP contribution < -0.4 is 15.2 Å². The van der Waals surface area contributed by atoms with Gasteiger partial charge in [-0.25, -0.2) is 8.42 Å². The third kappa shape index (κ3) is 5.95. The Hall–Kier alpha value is -3.21. The van der Waals surface area contributed by atoms with Gasteiger partial charge in [-0.2, -0.15) is 14.1 Å². The lowest BCUT2D eigenvalue weighted by molar-refractivity contribution is 0.0884. The second-order valence-corrected chi connectivity index (χ2v) is 11.3. The SMILES string of the molecule is CC(C)S(=O)(=O)N1CCN(c2cnn(-c3ccccc3)c(=O)c2OCCOCc2ccccc2)CC1. The smallest absolute Gasteiger partial charge is 0.316 e. The van der Waals surface area contributed by atoms with Crippen molar-refractivity contribution in [2.24, 2.45) is 0 Å². The molecule has 4 rings (SSSR count). The molecule has 2 heterocycles. The summed E-state index contributed by atoms with van der Waals surface area (Å²) in [5, 5.41) is 3.91. The van der Waals surface area contributed by atoms with E-state index >= 15 is 0 Å². The van der Waals surface area contributed by atoms with Gasteiger partial charge in [-0.3, -0.25) is 4.79 Å². The predicted octanol–water partition coefficient (Wildman–Crippen LogP) is 2.69. The maximum absolute atomic E-state index is 13.4. The Balaban J connectivity index is 1.51. The number of para-hydroxylation sites is 1. The topological polar surface area (TPSA) is 94.0 Å². The minimum atomic E-state index is -3.33. The van der Waals surface area contributed by atoms with Crippen LogP contribution in [0.3, 0.4) is 0 Å². The Morgan fingerprint density at radius 1 is 0.917 bits per heavy atom. The molecule has 10 heteroatoms. The minimum absolute atomic E-state index is 0.178. The number of aromatic nitrogens is 2. The van der Waals surface area contributed by atoms with Crippen molar-refractivity contribution >= 4 is 15.7 Å². The first-order valence-corrected chi connectivity index (χ1v) is 13.5. The predicted molar refractivity (Wildman–Crippen MR) is 139 cm³/mol. The zero-order valence-corrected chi connectivity index (χ0v) is 21.4. The fourth-order valence-corrected chi connectivity index (χ4v) is 5.26. The highest BCUT2D eigenvalue weighted by molar-refractivity contribution is 7.89. The maximum Gasteiger partial charge on any atom is 0.316 e. The van der Waals surface area contributed by atoms with E-state index in [0.29, 0.717) is 50.8 Å². The fourth-order valence-electron chi connectivity index (χ4n) is 3.99. The van der Waals surface area contributed by atoms with Gasteiger partial charge in [0.2, 0.25) is 15.8 Å². The second kappa shape index (κ2) is 11.7. The van der Waals surface area contributed by atoms with Crippen LogP contribution in [0, 0.1) is 0 Å². The lowest BCUT2D eigenvalue weighted by Crippen LogP contribution is -2.50. The van der Waals surface area contributed by atoms with Gasteiger partial charge in [0.05, 0.1) is 30.3 Å². The van der Waals surface area contributed by atoms with Gasteiger partial charge in [0.25, 0.3) is 0 Å². The Bertz CT molecular complexity index is 1290. The molecule has 1 fully saturated rings. The van der Waals surface area contributed by atoms with Crippen molar-refractivity contribution in [1.82, 2.24) is 14.1 Å². The number of hydrogen-bond donors (Lipinski definition) is 0. The molecule has 1 aromatic heterocycles. The number of anilines is 1. The van der Waals surface area contributed by atoms with Crippen molar-refractivity contribution in [3.63, 3.8) is 0 Å². The molecule has 192 valence electrons. The molecule has 0 saturated carbocycles. The van der Waals surface area contributed by atoms with E-state index in [1.54, 1.807) is 32.2 Å². The van der Waals surface area contributed by atoms with E-state index < -0.39 is 15.3 Å². The van der Waals surface area contributed by atoms with Crippen molar-refractivity contribution in [3.05, 3.63) is 82.8 Å². The monoisotopic (exact) mass is 512 g/mol. The van der Waals surface area contributed by atoms with Gasteiger partial charge in [-0.1, -0.05) is 48.5 Å². The molecule has 2 aromatic carbocycles. The summed E-state index contributed by atoms with van der Waals surface area (Å²) in [6.07, 6.45) is 1.61. The fraction of sp³-hybridized carbons (Fsp3) is 0.385. The molecule has 0 spiro atoms. The molecule has 1 aliphatic rings. The Morgan fingerprint density at radius 3 is 2.19 bits per heavy atom. The minimum Gasteiger partial charge on any atom is -0.484 e. The molecule has 0 unspecified atom stereocenters. The summed E-state index contributed by atoms with van der Waals surface area (Å²) in [5.74, 6) is 0.178. The summed E-state index contributed by atoms with van der Waals surface area (Å²) in [4.78, 5) is 15.4. The average molecular weight is 513 g/mol. The molecule has 3 aromatic rings. The first kappa shape index (κ1) is 25.9. The van der Waals surface area contributed by atoms with Crippen molar-refractivity contribution in [1.29, 1.82) is 0 Å². The highest BCUT2D eigenvalue weighted by Gasteiger charge is 2.31. The molecule has 0 atom stereocenters. The first-order valence-electron chi connectivity index (χ1n) is 12.0. The molecular weight excluding hydrogens is 480 g/mol. The molecule has 36 heavy (non-hydrogen) atoms. The zero-order chi connectivity index (χ0) is 25.5. The van der Waals surface area contributed by atoms with E-state index in [9.17, 15) is 13.2 Å². The average Bonchev–Trinajstić information content (AvgIpc) is 2.90. The lowest BCUT2D eigenvalue weighted by Gasteiger charge is -2.36. The maximum atomic E-state index is 13.4. The van der Waals surface area contributed by atoms with E-state index in [4.69, 9.17) is 9.47 Å². The summed E-state index contributed by atoms with van der Waals surface area (Å²) in [5.41, 5.74) is 1.87. The molecule has 0 radical (unpaired) electrons. The van der Waals surface area contributed by atoms with Crippen LogP contribution in [0.4, 0.5) is 5.69 Å². The zero-order valence-electron chi connectivity index (χ0n) is 20.6. The molecule has 9 nitrogen and oxygen atoms in total. The summed E-state index contributed by atoms with van der Waals surface area (Å²) in [7, 11) is -3.33. The standard InChI is InChI=1S/C26H32N4O5S/c1-21(2)36(32,33)29-15-13-28(14-16-29)24-19-27-30(23-11-7-4-8-12-23)26(31)25(24)35-18-17-34-20-22-9-5-3-6-10-22/h3-12,19,21H,13-18,20H2,1-2H3. The third-order valence-corrected chi connectivity index (χ3v) is 8.31. The molecule has 0 bridgehead atoms. The molecule has 1 saturated heterocycles. The molecular formula is C26H32N4O5S. The number of hydrogen-bond acceptors (Lipinski definition) is 7. The van der Waals surface area contributed by atoms with Crippen LogP contribution >= 0.6 is 0 Å².